The molecule has 1 atom stereocenters. The summed E-state index contributed by atoms with van der Waals surface area (Å²) in [5.74, 6) is 0.0906. The molecule has 1 saturated heterocycles. The lowest BCUT2D eigenvalue weighted by Gasteiger charge is -2.28. The van der Waals surface area contributed by atoms with Gasteiger partial charge in [-0.15, -0.1) is 0 Å². The van der Waals surface area contributed by atoms with Gasteiger partial charge in [0.2, 0.25) is 5.75 Å². The number of rotatable bonds is 7. The van der Waals surface area contributed by atoms with Crippen LogP contribution in [0.5, 0.6) is 17.2 Å². The monoisotopic (exact) mass is 379 g/mol. The lowest BCUT2D eigenvalue weighted by Crippen LogP contribution is -2.45. The average Bonchev–Trinajstić information content (AvgIpc) is 2.95. The van der Waals surface area contributed by atoms with Gasteiger partial charge in [0.15, 0.2) is 11.5 Å². The number of carbonyl (C=O) groups excluding carboxylic acids is 2. The van der Waals surface area contributed by atoms with Crippen molar-refractivity contribution < 1.29 is 28.5 Å². The lowest BCUT2D eigenvalue weighted by molar-refractivity contribution is -0.149. The number of esters is 2. The van der Waals surface area contributed by atoms with Crippen molar-refractivity contribution in [2.75, 3.05) is 34.4 Å². The Kier molecular flexibility index (Phi) is 7.91. The van der Waals surface area contributed by atoms with Crippen LogP contribution in [0.1, 0.15) is 37.7 Å². The first-order valence-electron chi connectivity index (χ1n) is 9.25. The molecule has 0 aliphatic carbocycles. The van der Waals surface area contributed by atoms with Crippen LogP contribution in [0, 0.1) is 6.92 Å². The molecule has 0 bridgehead atoms. The number of nitrogens with zero attached hydrogens (tertiary/aromatic N) is 1. The summed E-state index contributed by atoms with van der Waals surface area (Å²) in [5.41, 5.74) is 0.919. The van der Waals surface area contributed by atoms with Crippen LogP contribution < -0.4 is 14.2 Å². The number of hydrogen-bond donors (Lipinski definition) is 0. The van der Waals surface area contributed by atoms with E-state index in [1.54, 1.807) is 12.1 Å². The summed E-state index contributed by atoms with van der Waals surface area (Å²) in [7, 11) is 4.33. The molecule has 0 N–H and O–H groups in total. The third kappa shape index (κ3) is 5.60. The molecule has 0 spiro atoms. The molecule has 1 aromatic carbocycles. The Hall–Kier alpha value is -2.28. The highest BCUT2D eigenvalue weighted by molar-refractivity contribution is 5.85. The molecule has 1 aromatic rings. The number of likely N-dealkylation sites (tertiary alicyclic amines) is 1. The standard InChI is InChI=1S/C20H29NO6/c1-14-11-16(24-2)19(17(12-14)25-3)27-20(23)15(13-18(22)26-4)21-9-7-5-6-8-10-21/h11-12,15H,5-10,13H2,1-4H3. The van der Waals surface area contributed by atoms with E-state index in [1.807, 2.05) is 11.8 Å². The zero-order valence-electron chi connectivity index (χ0n) is 16.6. The number of hydrogen-bond acceptors (Lipinski definition) is 7. The fourth-order valence-electron chi connectivity index (χ4n) is 3.29. The van der Waals surface area contributed by atoms with Crippen LogP contribution in [0.4, 0.5) is 0 Å². The van der Waals surface area contributed by atoms with Crippen LogP contribution in [0.3, 0.4) is 0 Å². The molecule has 1 heterocycles. The van der Waals surface area contributed by atoms with Crippen molar-refractivity contribution in [1.82, 2.24) is 4.90 Å². The summed E-state index contributed by atoms with van der Waals surface area (Å²) in [6.07, 6.45) is 4.17. The molecule has 0 amide bonds. The SMILES string of the molecule is COC(=O)CC(C(=O)Oc1c(OC)cc(C)cc1OC)N1CCCCCC1. The molecule has 1 unspecified atom stereocenters. The van der Waals surface area contributed by atoms with E-state index in [0.717, 1.165) is 44.3 Å². The van der Waals surface area contributed by atoms with Gasteiger partial charge in [0.25, 0.3) is 0 Å². The normalized spacial score (nSPS) is 16.1. The zero-order valence-corrected chi connectivity index (χ0v) is 16.6. The number of methoxy groups -OCH3 is 3. The average molecular weight is 379 g/mol. The first-order chi connectivity index (χ1) is 13.0. The van der Waals surface area contributed by atoms with Crippen molar-refractivity contribution in [1.29, 1.82) is 0 Å². The van der Waals surface area contributed by atoms with Crippen LogP contribution in [0.15, 0.2) is 12.1 Å². The molecule has 2 rings (SSSR count). The molecule has 27 heavy (non-hydrogen) atoms. The van der Waals surface area contributed by atoms with Gasteiger partial charge in [-0.1, -0.05) is 12.8 Å². The van der Waals surface area contributed by atoms with Crippen LogP contribution in [-0.4, -0.2) is 57.3 Å². The van der Waals surface area contributed by atoms with E-state index in [0.29, 0.717) is 11.5 Å². The van der Waals surface area contributed by atoms with Crippen LogP contribution >= 0.6 is 0 Å². The second kappa shape index (κ2) is 10.2. The third-order valence-electron chi connectivity index (χ3n) is 4.75. The second-order valence-corrected chi connectivity index (χ2v) is 6.67. The van der Waals surface area contributed by atoms with E-state index in [1.165, 1.54) is 21.3 Å². The summed E-state index contributed by atoms with van der Waals surface area (Å²) in [6, 6.07) is 2.84. The lowest BCUT2D eigenvalue weighted by atomic mass is 10.1. The number of benzene rings is 1. The summed E-state index contributed by atoms with van der Waals surface area (Å²) < 4.78 is 21.2. The molecule has 0 saturated carbocycles. The molecule has 1 aliphatic heterocycles. The highest BCUT2D eigenvalue weighted by Crippen LogP contribution is 2.39. The van der Waals surface area contributed by atoms with E-state index < -0.39 is 18.0 Å². The van der Waals surface area contributed by atoms with Crippen molar-refractivity contribution in [2.45, 2.75) is 45.1 Å². The molecule has 7 heteroatoms. The summed E-state index contributed by atoms with van der Waals surface area (Å²) in [5, 5.41) is 0. The Morgan fingerprint density at radius 1 is 1.00 bits per heavy atom. The molecule has 7 nitrogen and oxygen atoms in total. The fourth-order valence-corrected chi connectivity index (χ4v) is 3.29. The van der Waals surface area contributed by atoms with E-state index in [4.69, 9.17) is 18.9 Å². The van der Waals surface area contributed by atoms with Crippen LogP contribution in [-0.2, 0) is 14.3 Å². The van der Waals surface area contributed by atoms with Gasteiger partial charge in [-0.05, 0) is 50.6 Å². The van der Waals surface area contributed by atoms with Crippen molar-refractivity contribution in [3.05, 3.63) is 17.7 Å². The summed E-state index contributed by atoms with van der Waals surface area (Å²) in [4.78, 5) is 26.9. The maximum absolute atomic E-state index is 13.0. The maximum atomic E-state index is 13.0. The van der Waals surface area contributed by atoms with E-state index in [9.17, 15) is 9.59 Å². The van der Waals surface area contributed by atoms with Gasteiger partial charge >= 0.3 is 11.9 Å². The molecular weight excluding hydrogens is 350 g/mol. The van der Waals surface area contributed by atoms with Gasteiger partial charge in [-0.2, -0.15) is 0 Å². The minimum absolute atomic E-state index is 0.0498. The Morgan fingerprint density at radius 3 is 2.04 bits per heavy atom. The predicted molar refractivity (Wildman–Crippen MR) is 100 cm³/mol. The first-order valence-corrected chi connectivity index (χ1v) is 9.25. The largest absolute Gasteiger partial charge is 0.493 e. The fraction of sp³-hybridized carbons (Fsp3) is 0.600. The van der Waals surface area contributed by atoms with E-state index in [-0.39, 0.29) is 12.2 Å². The molecule has 0 aromatic heterocycles. The Bertz CT molecular complexity index is 627. The van der Waals surface area contributed by atoms with Gasteiger partial charge in [-0.25, -0.2) is 4.79 Å². The van der Waals surface area contributed by atoms with E-state index in [2.05, 4.69) is 0 Å². The molecule has 1 fully saturated rings. The second-order valence-electron chi connectivity index (χ2n) is 6.67. The van der Waals surface area contributed by atoms with Gasteiger partial charge in [0, 0.05) is 0 Å². The molecule has 1 aliphatic rings. The zero-order chi connectivity index (χ0) is 19.8. The first kappa shape index (κ1) is 21.0. The summed E-state index contributed by atoms with van der Waals surface area (Å²) in [6.45, 7) is 3.39. The van der Waals surface area contributed by atoms with Crippen molar-refractivity contribution in [3.63, 3.8) is 0 Å². The number of aryl methyl sites for hydroxylation is 1. The van der Waals surface area contributed by atoms with Gasteiger partial charge in [0.1, 0.15) is 6.04 Å². The van der Waals surface area contributed by atoms with Crippen LogP contribution in [0.25, 0.3) is 0 Å². The smallest absolute Gasteiger partial charge is 0.329 e. The Morgan fingerprint density at radius 2 is 1.56 bits per heavy atom. The quantitative estimate of drug-likeness (QED) is 0.533. The van der Waals surface area contributed by atoms with E-state index >= 15 is 0 Å². The molecule has 150 valence electrons. The van der Waals surface area contributed by atoms with Gasteiger partial charge in [-0.3, -0.25) is 9.69 Å². The van der Waals surface area contributed by atoms with Gasteiger partial charge in [0.05, 0.1) is 27.8 Å². The minimum atomic E-state index is -0.703. The maximum Gasteiger partial charge on any atom is 0.329 e. The van der Waals surface area contributed by atoms with Gasteiger partial charge < -0.3 is 18.9 Å². The third-order valence-corrected chi connectivity index (χ3v) is 4.75. The van der Waals surface area contributed by atoms with Crippen LogP contribution in [0.2, 0.25) is 0 Å². The number of carbonyl (C=O) groups is 2. The summed E-state index contributed by atoms with van der Waals surface area (Å²) >= 11 is 0. The van der Waals surface area contributed by atoms with Crippen molar-refractivity contribution in [3.8, 4) is 17.2 Å². The number of ether oxygens (including phenoxy) is 4. The molecule has 0 radical (unpaired) electrons. The highest BCUT2D eigenvalue weighted by Gasteiger charge is 2.32. The minimum Gasteiger partial charge on any atom is -0.493 e. The predicted octanol–water partition coefficient (Wildman–Crippen LogP) is 2.73. The Labute approximate surface area is 160 Å². The topological polar surface area (TPSA) is 74.3 Å². The molecular formula is C20H29NO6. The highest BCUT2D eigenvalue weighted by atomic mass is 16.6. The Balaban J connectivity index is 2.28. The van der Waals surface area contributed by atoms with Crippen molar-refractivity contribution >= 4 is 11.9 Å². The van der Waals surface area contributed by atoms with Crippen molar-refractivity contribution in [2.24, 2.45) is 0 Å².